The van der Waals surface area contributed by atoms with Gasteiger partial charge in [-0.3, -0.25) is 9.59 Å². The molecule has 1 atom stereocenters. The maximum Gasteiger partial charge on any atom is 0.228 e. The molecule has 2 amide bonds. The van der Waals surface area contributed by atoms with Gasteiger partial charge >= 0.3 is 0 Å². The Morgan fingerprint density at radius 2 is 1.63 bits per heavy atom. The van der Waals surface area contributed by atoms with Gasteiger partial charge in [0.15, 0.2) is 0 Å². The lowest BCUT2D eigenvalue weighted by Crippen LogP contribution is -2.50. The average Bonchev–Trinajstić information content (AvgIpc) is 3.10. The number of hydrogen-bond donors (Lipinski definition) is 0. The third kappa shape index (κ3) is 3.65. The first-order valence-electron chi connectivity index (χ1n) is 9.26. The van der Waals surface area contributed by atoms with Crippen molar-refractivity contribution in [3.05, 3.63) is 60.4 Å². The van der Waals surface area contributed by atoms with Gasteiger partial charge in [-0.05, 0) is 30.3 Å². The van der Waals surface area contributed by atoms with Crippen molar-refractivity contribution in [2.75, 3.05) is 42.5 Å². The minimum atomic E-state index is -0.382. The van der Waals surface area contributed by atoms with Crippen LogP contribution in [0.3, 0.4) is 0 Å². The third-order valence-electron chi connectivity index (χ3n) is 5.31. The van der Waals surface area contributed by atoms with Gasteiger partial charge in [0.05, 0.1) is 5.92 Å². The van der Waals surface area contributed by atoms with Crippen molar-refractivity contribution in [2.24, 2.45) is 5.92 Å². The fourth-order valence-electron chi connectivity index (χ4n) is 3.85. The topological polar surface area (TPSA) is 43.9 Å². The summed E-state index contributed by atoms with van der Waals surface area (Å²) in [6.45, 7) is 3.19. The molecule has 0 saturated carbocycles. The van der Waals surface area contributed by atoms with E-state index < -0.39 is 0 Å². The SMILES string of the molecule is O=C(C1CC(=O)N(c2cccc(F)c2)C1)N1CCN(c2ccccc2)CC1. The molecule has 1 unspecified atom stereocenters. The number of nitrogens with zero attached hydrogens (tertiary/aromatic N) is 3. The zero-order chi connectivity index (χ0) is 18.8. The van der Waals surface area contributed by atoms with Crippen LogP contribution in [0.4, 0.5) is 15.8 Å². The van der Waals surface area contributed by atoms with Crippen LogP contribution in [0.15, 0.2) is 54.6 Å². The van der Waals surface area contributed by atoms with E-state index in [9.17, 15) is 14.0 Å². The molecular weight excluding hydrogens is 345 g/mol. The summed E-state index contributed by atoms with van der Waals surface area (Å²) >= 11 is 0. The van der Waals surface area contributed by atoms with E-state index in [0.29, 0.717) is 25.3 Å². The molecule has 27 heavy (non-hydrogen) atoms. The molecule has 2 aromatic rings. The first-order valence-corrected chi connectivity index (χ1v) is 9.26. The van der Waals surface area contributed by atoms with Crippen LogP contribution in [0.5, 0.6) is 0 Å². The summed E-state index contributed by atoms with van der Waals surface area (Å²) < 4.78 is 13.5. The molecule has 2 aliphatic rings. The molecule has 2 fully saturated rings. The molecule has 0 spiro atoms. The lowest BCUT2D eigenvalue weighted by Gasteiger charge is -2.37. The Labute approximate surface area is 158 Å². The molecule has 6 heteroatoms. The van der Waals surface area contributed by atoms with Gasteiger partial charge in [-0.2, -0.15) is 0 Å². The summed E-state index contributed by atoms with van der Waals surface area (Å²) in [4.78, 5) is 30.9. The molecule has 0 aliphatic carbocycles. The van der Waals surface area contributed by atoms with Crippen LogP contribution in [-0.4, -0.2) is 49.4 Å². The first-order chi connectivity index (χ1) is 13.1. The van der Waals surface area contributed by atoms with Gasteiger partial charge in [-0.15, -0.1) is 0 Å². The summed E-state index contributed by atoms with van der Waals surface area (Å²) in [5.74, 6) is -0.840. The van der Waals surface area contributed by atoms with Crippen molar-refractivity contribution in [1.29, 1.82) is 0 Å². The Bertz CT molecular complexity index is 834. The minimum absolute atomic E-state index is 0.0231. The Balaban J connectivity index is 1.37. The summed E-state index contributed by atoms with van der Waals surface area (Å²) in [5, 5.41) is 0. The van der Waals surface area contributed by atoms with Crippen LogP contribution >= 0.6 is 0 Å². The molecule has 5 nitrogen and oxygen atoms in total. The molecule has 140 valence electrons. The van der Waals surface area contributed by atoms with Crippen LogP contribution in [-0.2, 0) is 9.59 Å². The maximum absolute atomic E-state index is 13.5. The number of rotatable bonds is 3. The number of amides is 2. The van der Waals surface area contributed by atoms with Gasteiger partial charge in [-0.1, -0.05) is 24.3 Å². The predicted molar refractivity (Wildman–Crippen MR) is 102 cm³/mol. The summed E-state index contributed by atoms with van der Waals surface area (Å²) in [6, 6.07) is 16.1. The predicted octanol–water partition coefficient (Wildman–Crippen LogP) is 2.53. The lowest BCUT2D eigenvalue weighted by molar-refractivity contribution is -0.136. The Hall–Kier alpha value is -2.89. The molecule has 0 bridgehead atoms. The van der Waals surface area contributed by atoms with E-state index in [2.05, 4.69) is 17.0 Å². The van der Waals surface area contributed by atoms with Crippen molar-refractivity contribution in [1.82, 2.24) is 4.90 Å². The number of benzene rings is 2. The normalized spacial score (nSPS) is 20.3. The molecule has 0 radical (unpaired) electrons. The molecule has 2 aliphatic heterocycles. The van der Waals surface area contributed by atoms with Crippen molar-refractivity contribution >= 4 is 23.2 Å². The van der Waals surface area contributed by atoms with E-state index in [0.717, 1.165) is 18.8 Å². The molecule has 4 rings (SSSR count). The number of para-hydroxylation sites is 1. The maximum atomic E-state index is 13.5. The van der Waals surface area contributed by atoms with Crippen molar-refractivity contribution in [2.45, 2.75) is 6.42 Å². The van der Waals surface area contributed by atoms with Crippen LogP contribution in [0.25, 0.3) is 0 Å². The largest absolute Gasteiger partial charge is 0.368 e. The highest BCUT2D eigenvalue weighted by Gasteiger charge is 2.38. The number of anilines is 2. The number of carbonyl (C=O) groups excluding carboxylic acids is 2. The molecular formula is C21H22FN3O2. The van der Waals surface area contributed by atoms with E-state index >= 15 is 0 Å². The van der Waals surface area contributed by atoms with E-state index in [1.807, 2.05) is 23.1 Å². The lowest BCUT2D eigenvalue weighted by atomic mass is 10.1. The number of carbonyl (C=O) groups is 2. The second kappa shape index (κ2) is 7.39. The molecule has 2 heterocycles. The van der Waals surface area contributed by atoms with Crippen molar-refractivity contribution < 1.29 is 14.0 Å². The standard InChI is InChI=1S/C21H22FN3O2/c22-17-5-4-8-19(14-17)25-15-16(13-20(25)26)21(27)24-11-9-23(10-12-24)18-6-2-1-3-7-18/h1-8,14,16H,9-13,15H2. The minimum Gasteiger partial charge on any atom is -0.368 e. The number of piperazine rings is 1. The fourth-order valence-corrected chi connectivity index (χ4v) is 3.85. The Morgan fingerprint density at radius 1 is 0.926 bits per heavy atom. The summed E-state index contributed by atoms with van der Waals surface area (Å²) in [5.41, 5.74) is 1.68. The second-order valence-electron chi connectivity index (χ2n) is 7.03. The van der Waals surface area contributed by atoms with Crippen LogP contribution < -0.4 is 9.80 Å². The van der Waals surface area contributed by atoms with Gasteiger partial charge in [0.1, 0.15) is 5.82 Å². The van der Waals surface area contributed by atoms with Gasteiger partial charge < -0.3 is 14.7 Å². The van der Waals surface area contributed by atoms with E-state index in [1.54, 1.807) is 12.1 Å². The summed E-state index contributed by atoms with van der Waals surface area (Å²) in [7, 11) is 0. The van der Waals surface area contributed by atoms with Gasteiger partial charge in [0.25, 0.3) is 0 Å². The highest BCUT2D eigenvalue weighted by molar-refractivity contribution is 6.00. The molecule has 2 aromatic carbocycles. The highest BCUT2D eigenvalue weighted by Crippen LogP contribution is 2.27. The average molecular weight is 367 g/mol. The number of halogens is 1. The highest BCUT2D eigenvalue weighted by atomic mass is 19.1. The van der Waals surface area contributed by atoms with E-state index in [4.69, 9.17) is 0 Å². The van der Waals surface area contributed by atoms with E-state index in [-0.39, 0.29) is 30.0 Å². The molecule has 0 aromatic heterocycles. The zero-order valence-electron chi connectivity index (χ0n) is 15.1. The number of hydrogen-bond acceptors (Lipinski definition) is 3. The van der Waals surface area contributed by atoms with Crippen LogP contribution in [0.2, 0.25) is 0 Å². The summed E-state index contributed by atoms with van der Waals surface area (Å²) in [6.07, 6.45) is 0.189. The van der Waals surface area contributed by atoms with Crippen molar-refractivity contribution in [3.63, 3.8) is 0 Å². The van der Waals surface area contributed by atoms with E-state index in [1.165, 1.54) is 17.0 Å². The second-order valence-corrected chi connectivity index (χ2v) is 7.03. The van der Waals surface area contributed by atoms with Crippen LogP contribution in [0, 0.1) is 11.7 Å². The zero-order valence-corrected chi connectivity index (χ0v) is 15.1. The quantitative estimate of drug-likeness (QED) is 0.837. The van der Waals surface area contributed by atoms with Gasteiger partial charge in [-0.25, -0.2) is 4.39 Å². The fraction of sp³-hybridized carbons (Fsp3) is 0.333. The van der Waals surface area contributed by atoms with Gasteiger partial charge in [0.2, 0.25) is 11.8 Å². The third-order valence-corrected chi connectivity index (χ3v) is 5.31. The molecule has 0 N–H and O–H groups in total. The van der Waals surface area contributed by atoms with Crippen molar-refractivity contribution in [3.8, 4) is 0 Å². The Kier molecular flexibility index (Phi) is 4.79. The smallest absolute Gasteiger partial charge is 0.228 e. The molecule has 2 saturated heterocycles. The van der Waals surface area contributed by atoms with Gasteiger partial charge in [0, 0.05) is 50.5 Å². The monoisotopic (exact) mass is 367 g/mol. The first kappa shape index (κ1) is 17.5. The van der Waals surface area contributed by atoms with Crippen LogP contribution in [0.1, 0.15) is 6.42 Å². The Morgan fingerprint density at radius 3 is 2.33 bits per heavy atom.